The molecule has 0 saturated carbocycles. The van der Waals surface area contributed by atoms with Gasteiger partial charge in [-0.2, -0.15) is 0 Å². The number of nitro groups is 1. The maximum Gasteiger partial charge on any atom is 0.293 e. The molecule has 6 nitrogen and oxygen atoms in total. The van der Waals surface area contributed by atoms with E-state index in [0.29, 0.717) is 13.1 Å². The van der Waals surface area contributed by atoms with Gasteiger partial charge in [0.2, 0.25) is 0 Å². The van der Waals surface area contributed by atoms with E-state index in [0.717, 1.165) is 12.1 Å². The summed E-state index contributed by atoms with van der Waals surface area (Å²) in [7, 11) is 0. The van der Waals surface area contributed by atoms with Crippen LogP contribution in [0.25, 0.3) is 0 Å². The molecule has 1 aromatic rings. The van der Waals surface area contributed by atoms with Crippen LogP contribution in [0.3, 0.4) is 0 Å². The second-order valence-corrected chi connectivity index (χ2v) is 5.08. The number of β-amino-alcohol motifs (C(OH)–C–C–N with tert-alkyl or cyclic N) is 1. The molecule has 0 radical (unpaired) electrons. The van der Waals surface area contributed by atoms with E-state index in [1.807, 2.05) is 0 Å². The highest BCUT2D eigenvalue weighted by molar-refractivity contribution is 9.10. The molecular formula is C10H11BrFN3O3. The lowest BCUT2D eigenvalue weighted by Gasteiger charge is -2.37. The lowest BCUT2D eigenvalue weighted by Crippen LogP contribution is -2.63. The van der Waals surface area contributed by atoms with Crippen molar-refractivity contribution in [2.75, 3.05) is 25.0 Å². The third-order valence-electron chi connectivity index (χ3n) is 2.75. The fourth-order valence-electron chi connectivity index (χ4n) is 1.63. The first-order chi connectivity index (χ1) is 8.41. The molecule has 0 unspecified atom stereocenters. The summed E-state index contributed by atoms with van der Waals surface area (Å²) < 4.78 is 13.4. The number of nitrogens with one attached hydrogen (secondary N) is 2. The predicted octanol–water partition coefficient (Wildman–Crippen LogP) is 1.24. The molecule has 1 aliphatic heterocycles. The Morgan fingerprint density at radius 2 is 2.28 bits per heavy atom. The molecule has 0 atom stereocenters. The SMILES string of the molecule is O=[N+]([O-])c1cc(Br)c(F)cc1NCC1(O)CNC1. The van der Waals surface area contributed by atoms with Crippen LogP contribution >= 0.6 is 15.9 Å². The minimum absolute atomic E-state index is 0.0313. The van der Waals surface area contributed by atoms with E-state index in [2.05, 4.69) is 26.6 Å². The van der Waals surface area contributed by atoms with Crippen LogP contribution in [-0.2, 0) is 0 Å². The number of nitrogens with zero attached hydrogens (tertiary/aromatic N) is 1. The molecule has 98 valence electrons. The fraction of sp³-hybridized carbons (Fsp3) is 0.400. The van der Waals surface area contributed by atoms with Gasteiger partial charge < -0.3 is 15.7 Å². The zero-order valence-corrected chi connectivity index (χ0v) is 10.8. The van der Waals surface area contributed by atoms with Gasteiger partial charge in [0.25, 0.3) is 5.69 Å². The zero-order chi connectivity index (χ0) is 13.3. The van der Waals surface area contributed by atoms with Crippen molar-refractivity contribution in [3.05, 3.63) is 32.5 Å². The highest BCUT2D eigenvalue weighted by Gasteiger charge is 2.34. The van der Waals surface area contributed by atoms with Gasteiger partial charge in [-0.15, -0.1) is 0 Å². The Balaban J connectivity index is 2.20. The van der Waals surface area contributed by atoms with Crippen LogP contribution in [0, 0.1) is 15.9 Å². The molecule has 0 amide bonds. The maximum absolute atomic E-state index is 13.4. The molecule has 1 aromatic carbocycles. The number of rotatable bonds is 4. The molecule has 1 saturated heterocycles. The average Bonchev–Trinajstić information content (AvgIpc) is 2.27. The highest BCUT2D eigenvalue weighted by atomic mass is 79.9. The highest BCUT2D eigenvalue weighted by Crippen LogP contribution is 2.31. The van der Waals surface area contributed by atoms with Gasteiger partial charge in [0.05, 0.1) is 9.40 Å². The molecule has 18 heavy (non-hydrogen) atoms. The van der Waals surface area contributed by atoms with Gasteiger partial charge in [-0.05, 0) is 15.9 Å². The van der Waals surface area contributed by atoms with Crippen LogP contribution in [0.5, 0.6) is 0 Å². The standard InChI is InChI=1S/C10H11BrFN3O3/c11-6-1-9(15(17)18)8(2-7(6)12)14-5-10(16)3-13-4-10/h1-2,13-14,16H,3-5H2. The predicted molar refractivity (Wildman–Crippen MR) is 67.1 cm³/mol. The Bertz CT molecular complexity index is 494. The summed E-state index contributed by atoms with van der Waals surface area (Å²) in [4.78, 5) is 10.2. The summed E-state index contributed by atoms with van der Waals surface area (Å²) >= 11 is 2.90. The summed E-state index contributed by atoms with van der Waals surface area (Å²) in [5.41, 5.74) is -1.11. The van der Waals surface area contributed by atoms with Crippen molar-refractivity contribution >= 4 is 27.3 Å². The second kappa shape index (κ2) is 4.79. The first kappa shape index (κ1) is 13.2. The minimum Gasteiger partial charge on any atom is -0.385 e. The molecular weight excluding hydrogens is 309 g/mol. The van der Waals surface area contributed by atoms with E-state index in [-0.39, 0.29) is 22.4 Å². The smallest absolute Gasteiger partial charge is 0.293 e. The van der Waals surface area contributed by atoms with Crippen molar-refractivity contribution in [3.63, 3.8) is 0 Å². The molecule has 0 bridgehead atoms. The van der Waals surface area contributed by atoms with Crippen molar-refractivity contribution < 1.29 is 14.4 Å². The molecule has 3 N–H and O–H groups in total. The van der Waals surface area contributed by atoms with Crippen LogP contribution in [0.2, 0.25) is 0 Å². The van der Waals surface area contributed by atoms with E-state index in [4.69, 9.17) is 0 Å². The number of hydrogen-bond acceptors (Lipinski definition) is 5. The van der Waals surface area contributed by atoms with Gasteiger partial charge in [0, 0.05) is 31.8 Å². The number of halogens is 2. The van der Waals surface area contributed by atoms with Gasteiger partial charge in [0.1, 0.15) is 17.1 Å². The van der Waals surface area contributed by atoms with Crippen molar-refractivity contribution in [3.8, 4) is 0 Å². The average molecular weight is 320 g/mol. The van der Waals surface area contributed by atoms with E-state index >= 15 is 0 Å². The van der Waals surface area contributed by atoms with E-state index in [1.165, 1.54) is 0 Å². The number of aliphatic hydroxyl groups is 1. The van der Waals surface area contributed by atoms with Gasteiger partial charge in [0.15, 0.2) is 0 Å². The van der Waals surface area contributed by atoms with Crippen LogP contribution < -0.4 is 10.6 Å². The Labute approximate surface area is 110 Å². The first-order valence-electron chi connectivity index (χ1n) is 5.22. The van der Waals surface area contributed by atoms with Gasteiger partial charge in [-0.3, -0.25) is 10.1 Å². The maximum atomic E-state index is 13.4. The van der Waals surface area contributed by atoms with Gasteiger partial charge in [-0.1, -0.05) is 0 Å². The van der Waals surface area contributed by atoms with E-state index < -0.39 is 16.3 Å². The quantitative estimate of drug-likeness (QED) is 0.574. The summed E-state index contributed by atoms with van der Waals surface area (Å²) in [5, 5.41) is 26.3. The number of benzene rings is 1. The zero-order valence-electron chi connectivity index (χ0n) is 9.24. The number of anilines is 1. The third-order valence-corrected chi connectivity index (χ3v) is 3.36. The Kier molecular flexibility index (Phi) is 3.51. The summed E-state index contributed by atoms with van der Waals surface area (Å²) in [5.74, 6) is -0.596. The Hall–Kier alpha value is -1.25. The van der Waals surface area contributed by atoms with E-state index in [1.54, 1.807) is 0 Å². The van der Waals surface area contributed by atoms with Crippen molar-refractivity contribution in [2.45, 2.75) is 5.60 Å². The molecule has 1 heterocycles. The minimum atomic E-state index is -0.933. The van der Waals surface area contributed by atoms with Crippen LogP contribution in [0.15, 0.2) is 16.6 Å². The molecule has 0 aliphatic carbocycles. The molecule has 0 aromatic heterocycles. The fourth-order valence-corrected chi connectivity index (χ4v) is 1.96. The molecule has 1 aliphatic rings. The molecule has 0 spiro atoms. The second-order valence-electron chi connectivity index (χ2n) is 4.22. The summed E-state index contributed by atoms with van der Waals surface area (Å²) in [6, 6.07) is 2.14. The number of nitro benzene ring substituents is 1. The molecule has 2 rings (SSSR count). The molecule has 8 heteroatoms. The van der Waals surface area contributed by atoms with Crippen molar-refractivity contribution in [1.29, 1.82) is 0 Å². The van der Waals surface area contributed by atoms with Crippen LogP contribution in [-0.4, -0.2) is 35.3 Å². The van der Waals surface area contributed by atoms with Gasteiger partial charge >= 0.3 is 0 Å². The topological polar surface area (TPSA) is 87.4 Å². The largest absolute Gasteiger partial charge is 0.385 e. The molecule has 1 fully saturated rings. The monoisotopic (exact) mass is 319 g/mol. The normalized spacial score (nSPS) is 17.1. The number of hydrogen-bond donors (Lipinski definition) is 3. The van der Waals surface area contributed by atoms with Gasteiger partial charge in [-0.25, -0.2) is 4.39 Å². The Morgan fingerprint density at radius 1 is 1.61 bits per heavy atom. The lowest BCUT2D eigenvalue weighted by molar-refractivity contribution is -0.384. The first-order valence-corrected chi connectivity index (χ1v) is 6.01. The van der Waals surface area contributed by atoms with Crippen LogP contribution in [0.1, 0.15) is 0 Å². The van der Waals surface area contributed by atoms with Crippen LogP contribution in [0.4, 0.5) is 15.8 Å². The van der Waals surface area contributed by atoms with Crippen molar-refractivity contribution in [2.24, 2.45) is 0 Å². The van der Waals surface area contributed by atoms with Crippen molar-refractivity contribution in [1.82, 2.24) is 5.32 Å². The lowest BCUT2D eigenvalue weighted by atomic mass is 9.97. The summed E-state index contributed by atoms with van der Waals surface area (Å²) in [6.45, 7) is 0.946. The Morgan fingerprint density at radius 3 is 2.78 bits per heavy atom. The van der Waals surface area contributed by atoms with E-state index in [9.17, 15) is 19.6 Å². The third kappa shape index (κ3) is 2.60. The summed E-state index contributed by atoms with van der Waals surface area (Å²) in [6.07, 6.45) is 0.